The number of carbonyl (C=O) groups is 1. The molecule has 0 unspecified atom stereocenters. The number of carbonyl (C=O) groups excluding carboxylic acids is 1. The summed E-state index contributed by atoms with van der Waals surface area (Å²) in [5, 5.41) is 3.27. The fraction of sp³-hybridized carbons (Fsp3) is 0.200. The molecule has 1 heterocycles. The van der Waals surface area contributed by atoms with E-state index in [1.807, 2.05) is 36.4 Å². The number of rotatable bonds is 8. The lowest BCUT2D eigenvalue weighted by atomic mass is 10.1. The van der Waals surface area contributed by atoms with Crippen molar-refractivity contribution in [3.63, 3.8) is 0 Å². The van der Waals surface area contributed by atoms with Gasteiger partial charge in [-0.3, -0.25) is 10.1 Å². The maximum atomic E-state index is 12.2. The molecule has 7 heteroatoms. The second-order valence-corrected chi connectivity index (χ2v) is 6.70. The van der Waals surface area contributed by atoms with Crippen LogP contribution in [0.2, 0.25) is 0 Å². The third kappa shape index (κ3) is 4.57. The molecule has 1 amide bonds. The summed E-state index contributed by atoms with van der Waals surface area (Å²) in [5.74, 6) is 1.54. The molecule has 2 aromatic carbocycles. The maximum absolute atomic E-state index is 12.2. The Morgan fingerprint density at radius 2 is 2.04 bits per heavy atom. The van der Waals surface area contributed by atoms with Gasteiger partial charge in [0.25, 0.3) is 5.91 Å². The van der Waals surface area contributed by atoms with E-state index in [0.29, 0.717) is 16.6 Å². The highest BCUT2D eigenvalue weighted by molar-refractivity contribution is 7.22. The Balaban J connectivity index is 1.63. The Morgan fingerprint density at radius 1 is 1.19 bits per heavy atom. The molecule has 3 aromatic rings. The van der Waals surface area contributed by atoms with Gasteiger partial charge in [0, 0.05) is 0 Å². The molecule has 0 radical (unpaired) electrons. The highest BCUT2D eigenvalue weighted by Crippen LogP contribution is 2.30. The summed E-state index contributed by atoms with van der Waals surface area (Å²) in [4.78, 5) is 16.6. The van der Waals surface area contributed by atoms with Gasteiger partial charge in [-0.25, -0.2) is 4.98 Å². The molecule has 0 saturated carbocycles. The van der Waals surface area contributed by atoms with Crippen LogP contribution in [0.25, 0.3) is 10.2 Å². The predicted octanol–water partition coefficient (Wildman–Crippen LogP) is 4.06. The van der Waals surface area contributed by atoms with Crippen LogP contribution in [0.15, 0.2) is 49.1 Å². The van der Waals surface area contributed by atoms with Gasteiger partial charge in [0.05, 0.1) is 24.4 Å². The number of nitrogens with one attached hydrogen (secondary N) is 1. The van der Waals surface area contributed by atoms with Gasteiger partial charge < -0.3 is 14.2 Å². The van der Waals surface area contributed by atoms with Crippen molar-refractivity contribution >= 4 is 32.6 Å². The van der Waals surface area contributed by atoms with Gasteiger partial charge in [0.1, 0.15) is 5.75 Å². The van der Waals surface area contributed by atoms with Crippen molar-refractivity contribution in [3.8, 4) is 17.2 Å². The number of ether oxygens (including phenoxy) is 3. The third-order valence-corrected chi connectivity index (χ3v) is 4.74. The second-order valence-electron chi connectivity index (χ2n) is 5.67. The Bertz CT molecular complexity index is 968. The largest absolute Gasteiger partial charge is 0.497 e. The molecule has 0 aliphatic rings. The van der Waals surface area contributed by atoms with E-state index < -0.39 is 0 Å². The standard InChI is InChI=1S/C20H20N2O4S/c1-4-5-13-6-9-16(17(10-13)25-3)26-12-19(23)22-20-21-15-8-7-14(24-2)11-18(15)27-20/h4,6-11H,1,5,12H2,2-3H3,(H,21,22,23). The van der Waals surface area contributed by atoms with Gasteiger partial charge in [-0.2, -0.15) is 0 Å². The molecule has 0 atom stereocenters. The van der Waals surface area contributed by atoms with Crippen molar-refractivity contribution in [3.05, 3.63) is 54.6 Å². The number of hydrogen-bond donors (Lipinski definition) is 1. The first kappa shape index (κ1) is 18.7. The molecule has 3 rings (SSSR count). The number of aromatic nitrogens is 1. The number of fused-ring (bicyclic) bond motifs is 1. The minimum Gasteiger partial charge on any atom is -0.497 e. The summed E-state index contributed by atoms with van der Waals surface area (Å²) in [6.45, 7) is 3.58. The lowest BCUT2D eigenvalue weighted by molar-refractivity contribution is -0.118. The van der Waals surface area contributed by atoms with Gasteiger partial charge in [0.2, 0.25) is 0 Å². The van der Waals surface area contributed by atoms with Crippen LogP contribution in [-0.4, -0.2) is 31.7 Å². The Kier molecular flexibility index (Phi) is 5.93. The monoisotopic (exact) mass is 384 g/mol. The highest BCUT2D eigenvalue weighted by Gasteiger charge is 2.11. The number of anilines is 1. The first-order valence-electron chi connectivity index (χ1n) is 8.28. The first-order chi connectivity index (χ1) is 13.1. The molecule has 1 aromatic heterocycles. The summed E-state index contributed by atoms with van der Waals surface area (Å²) < 4.78 is 17.1. The number of amides is 1. The summed E-state index contributed by atoms with van der Waals surface area (Å²) >= 11 is 1.38. The minimum absolute atomic E-state index is 0.142. The number of hydrogen-bond acceptors (Lipinski definition) is 6. The van der Waals surface area contributed by atoms with Crippen LogP contribution in [0, 0.1) is 0 Å². The summed E-state index contributed by atoms with van der Waals surface area (Å²) in [5.41, 5.74) is 1.86. The van der Waals surface area contributed by atoms with E-state index in [4.69, 9.17) is 14.2 Å². The van der Waals surface area contributed by atoms with Crippen LogP contribution in [0.5, 0.6) is 17.2 Å². The Morgan fingerprint density at radius 3 is 2.78 bits per heavy atom. The molecule has 1 N–H and O–H groups in total. The lowest BCUT2D eigenvalue weighted by Gasteiger charge is -2.11. The topological polar surface area (TPSA) is 69.7 Å². The average molecular weight is 384 g/mol. The van der Waals surface area contributed by atoms with Crippen molar-refractivity contribution in [2.24, 2.45) is 0 Å². The molecule has 0 bridgehead atoms. The molecule has 27 heavy (non-hydrogen) atoms. The van der Waals surface area contributed by atoms with Crippen molar-refractivity contribution in [2.75, 3.05) is 26.1 Å². The van der Waals surface area contributed by atoms with Crippen LogP contribution < -0.4 is 19.5 Å². The maximum Gasteiger partial charge on any atom is 0.264 e. The fourth-order valence-corrected chi connectivity index (χ4v) is 3.42. The Hall–Kier alpha value is -3.06. The Labute approximate surface area is 161 Å². The van der Waals surface area contributed by atoms with Crippen molar-refractivity contribution in [1.29, 1.82) is 0 Å². The zero-order chi connectivity index (χ0) is 19.2. The predicted molar refractivity (Wildman–Crippen MR) is 107 cm³/mol. The van der Waals surface area contributed by atoms with E-state index in [0.717, 1.165) is 28.0 Å². The molecule has 0 spiro atoms. The van der Waals surface area contributed by atoms with Crippen LogP contribution in [0.4, 0.5) is 5.13 Å². The van der Waals surface area contributed by atoms with Gasteiger partial charge in [-0.1, -0.05) is 23.5 Å². The quantitative estimate of drug-likeness (QED) is 0.593. The molecule has 0 saturated heterocycles. The van der Waals surface area contributed by atoms with E-state index >= 15 is 0 Å². The third-order valence-electron chi connectivity index (χ3n) is 3.81. The van der Waals surface area contributed by atoms with Crippen molar-refractivity contribution in [1.82, 2.24) is 4.98 Å². The second kappa shape index (κ2) is 8.55. The van der Waals surface area contributed by atoms with Gasteiger partial charge in [-0.15, -0.1) is 6.58 Å². The van der Waals surface area contributed by atoms with Crippen LogP contribution in [0.3, 0.4) is 0 Å². The van der Waals surface area contributed by atoms with Crippen LogP contribution >= 0.6 is 11.3 Å². The average Bonchev–Trinajstić information content (AvgIpc) is 3.08. The van der Waals surface area contributed by atoms with Crippen LogP contribution in [-0.2, 0) is 11.2 Å². The van der Waals surface area contributed by atoms with Crippen molar-refractivity contribution < 1.29 is 19.0 Å². The zero-order valence-electron chi connectivity index (χ0n) is 15.2. The van der Waals surface area contributed by atoms with E-state index in [-0.39, 0.29) is 12.5 Å². The summed E-state index contributed by atoms with van der Waals surface area (Å²) in [7, 11) is 3.18. The van der Waals surface area contributed by atoms with Crippen molar-refractivity contribution in [2.45, 2.75) is 6.42 Å². The number of allylic oxidation sites excluding steroid dienone is 1. The molecule has 0 fully saturated rings. The van der Waals surface area contributed by atoms with Gasteiger partial charge in [-0.05, 0) is 42.3 Å². The number of nitrogens with zero attached hydrogens (tertiary/aromatic N) is 1. The molecule has 0 aliphatic carbocycles. The van der Waals surface area contributed by atoms with E-state index in [2.05, 4.69) is 16.9 Å². The van der Waals surface area contributed by atoms with E-state index in [9.17, 15) is 4.79 Å². The minimum atomic E-state index is -0.293. The first-order valence-corrected chi connectivity index (χ1v) is 9.09. The molecule has 140 valence electrons. The highest BCUT2D eigenvalue weighted by atomic mass is 32.1. The van der Waals surface area contributed by atoms with Crippen LogP contribution in [0.1, 0.15) is 5.56 Å². The SMILES string of the molecule is C=CCc1ccc(OCC(=O)Nc2nc3ccc(OC)cc3s2)c(OC)c1. The molecular weight excluding hydrogens is 364 g/mol. The summed E-state index contributed by atoms with van der Waals surface area (Å²) in [6, 6.07) is 11.1. The fourth-order valence-electron chi connectivity index (χ4n) is 2.51. The van der Waals surface area contributed by atoms with E-state index in [1.165, 1.54) is 11.3 Å². The summed E-state index contributed by atoms with van der Waals surface area (Å²) in [6.07, 6.45) is 2.55. The van der Waals surface area contributed by atoms with Gasteiger partial charge >= 0.3 is 0 Å². The molecule has 6 nitrogen and oxygen atoms in total. The lowest BCUT2D eigenvalue weighted by Crippen LogP contribution is -2.20. The smallest absolute Gasteiger partial charge is 0.264 e. The number of thiazole rings is 1. The molecular formula is C20H20N2O4S. The zero-order valence-corrected chi connectivity index (χ0v) is 16.0. The van der Waals surface area contributed by atoms with Gasteiger partial charge in [0.15, 0.2) is 23.2 Å². The van der Waals surface area contributed by atoms with E-state index in [1.54, 1.807) is 20.3 Å². The normalized spacial score (nSPS) is 10.4. The number of benzene rings is 2. The molecule has 0 aliphatic heterocycles. The number of methoxy groups -OCH3 is 2.